The number of hydrogen-bond acceptors (Lipinski definition) is 4. The van der Waals surface area contributed by atoms with Crippen LogP contribution < -0.4 is 10.5 Å². The Kier molecular flexibility index (Phi) is 4.10. The lowest BCUT2D eigenvalue weighted by Crippen LogP contribution is -2.43. The van der Waals surface area contributed by atoms with E-state index in [0.717, 1.165) is 31.9 Å². The van der Waals surface area contributed by atoms with Gasteiger partial charge in [0.05, 0.1) is 12.2 Å². The van der Waals surface area contributed by atoms with Crippen LogP contribution in [0.4, 0.5) is 0 Å². The average Bonchev–Trinajstić information content (AvgIpc) is 2.26. The molecule has 1 rings (SSSR count). The highest BCUT2D eigenvalue weighted by atomic mass is 32.2. The number of hydrogen-bond donors (Lipinski definition) is 2. The quantitative estimate of drug-likeness (QED) is 0.657. The average molecular weight is 234 g/mol. The van der Waals surface area contributed by atoms with E-state index in [-0.39, 0.29) is 12.0 Å². The number of sulfonamides is 1. The van der Waals surface area contributed by atoms with E-state index in [4.69, 9.17) is 5.73 Å². The Balaban J connectivity index is 2.64. The summed E-state index contributed by atoms with van der Waals surface area (Å²) in [7, 11) is -3.46. The molecule has 1 amide bonds. The summed E-state index contributed by atoms with van der Waals surface area (Å²) in [4.78, 5) is 11.6. The molecule has 3 N–H and O–H groups in total. The second kappa shape index (κ2) is 4.94. The molecule has 15 heavy (non-hydrogen) atoms. The van der Waals surface area contributed by atoms with Crippen molar-refractivity contribution < 1.29 is 13.2 Å². The lowest BCUT2D eigenvalue weighted by Gasteiger charge is -2.19. The maximum Gasteiger partial charge on any atom is 0.238 e. The molecule has 2 unspecified atom stereocenters. The minimum atomic E-state index is -3.46. The number of amides is 1. The monoisotopic (exact) mass is 234 g/mol. The van der Waals surface area contributed by atoms with Gasteiger partial charge in [-0.3, -0.25) is 9.52 Å². The highest BCUT2D eigenvalue weighted by Crippen LogP contribution is 2.22. The van der Waals surface area contributed by atoms with E-state index in [9.17, 15) is 13.2 Å². The van der Waals surface area contributed by atoms with Crippen LogP contribution in [0.3, 0.4) is 0 Å². The van der Waals surface area contributed by atoms with Crippen LogP contribution in [0.1, 0.15) is 32.1 Å². The van der Waals surface area contributed by atoms with Gasteiger partial charge in [0.15, 0.2) is 0 Å². The number of carbonyl (C=O) groups is 1. The van der Waals surface area contributed by atoms with Crippen molar-refractivity contribution in [3.63, 3.8) is 0 Å². The van der Waals surface area contributed by atoms with Crippen molar-refractivity contribution >= 4 is 15.9 Å². The van der Waals surface area contributed by atoms with Gasteiger partial charge in [0.2, 0.25) is 15.9 Å². The van der Waals surface area contributed by atoms with Crippen LogP contribution in [-0.4, -0.2) is 26.6 Å². The van der Waals surface area contributed by atoms with E-state index in [1.54, 1.807) is 0 Å². The van der Waals surface area contributed by atoms with E-state index < -0.39 is 15.9 Å². The van der Waals surface area contributed by atoms with E-state index >= 15 is 0 Å². The summed E-state index contributed by atoms with van der Waals surface area (Å²) in [6.07, 6.45) is 5.48. The SMILES string of the molecule is CS(=O)(=O)NC(=O)C1CCCCCC1N. The maximum atomic E-state index is 11.6. The van der Waals surface area contributed by atoms with Crippen LogP contribution in [0.5, 0.6) is 0 Å². The number of rotatable bonds is 2. The largest absolute Gasteiger partial charge is 0.327 e. The summed E-state index contributed by atoms with van der Waals surface area (Å²) >= 11 is 0. The lowest BCUT2D eigenvalue weighted by atomic mass is 9.95. The maximum absolute atomic E-state index is 11.6. The van der Waals surface area contributed by atoms with Crippen molar-refractivity contribution in [1.82, 2.24) is 4.72 Å². The molecule has 0 heterocycles. The van der Waals surface area contributed by atoms with Gasteiger partial charge in [0, 0.05) is 6.04 Å². The second-order valence-electron chi connectivity index (χ2n) is 4.15. The van der Waals surface area contributed by atoms with Crippen LogP contribution in [0.15, 0.2) is 0 Å². The first-order valence-corrected chi connectivity index (χ1v) is 7.06. The van der Waals surface area contributed by atoms with E-state index in [2.05, 4.69) is 0 Å². The fourth-order valence-electron chi connectivity index (χ4n) is 1.92. The van der Waals surface area contributed by atoms with Crippen molar-refractivity contribution in [3.05, 3.63) is 0 Å². The zero-order chi connectivity index (χ0) is 11.5. The summed E-state index contributed by atoms with van der Waals surface area (Å²) in [5.41, 5.74) is 5.84. The topological polar surface area (TPSA) is 89.3 Å². The van der Waals surface area contributed by atoms with Crippen molar-refractivity contribution in [2.24, 2.45) is 11.7 Å². The standard InChI is InChI=1S/C9H18N2O3S/c1-15(13,14)11-9(12)7-5-3-2-4-6-8(7)10/h7-8H,2-6,10H2,1H3,(H,11,12). The van der Waals surface area contributed by atoms with Crippen molar-refractivity contribution in [1.29, 1.82) is 0 Å². The van der Waals surface area contributed by atoms with Gasteiger partial charge in [-0.2, -0.15) is 0 Å². The third-order valence-corrected chi connectivity index (χ3v) is 3.26. The first-order valence-electron chi connectivity index (χ1n) is 5.17. The highest BCUT2D eigenvalue weighted by molar-refractivity contribution is 7.89. The molecular formula is C9H18N2O3S. The van der Waals surface area contributed by atoms with Gasteiger partial charge < -0.3 is 5.73 Å². The smallest absolute Gasteiger partial charge is 0.238 e. The van der Waals surface area contributed by atoms with Crippen molar-refractivity contribution in [2.75, 3.05) is 6.26 Å². The van der Waals surface area contributed by atoms with Gasteiger partial charge in [0.1, 0.15) is 0 Å². The Morgan fingerprint density at radius 1 is 1.27 bits per heavy atom. The molecule has 0 radical (unpaired) electrons. The summed E-state index contributed by atoms with van der Waals surface area (Å²) in [6.45, 7) is 0. The van der Waals surface area contributed by atoms with E-state index in [1.807, 2.05) is 4.72 Å². The Bertz CT molecular complexity index is 326. The zero-order valence-corrected chi connectivity index (χ0v) is 9.72. The summed E-state index contributed by atoms with van der Waals surface area (Å²) in [5, 5.41) is 0. The molecule has 1 fully saturated rings. The molecular weight excluding hydrogens is 216 g/mol. The van der Waals surface area contributed by atoms with Gasteiger partial charge in [-0.15, -0.1) is 0 Å². The third-order valence-electron chi connectivity index (χ3n) is 2.69. The molecule has 0 saturated heterocycles. The zero-order valence-electron chi connectivity index (χ0n) is 8.90. The lowest BCUT2D eigenvalue weighted by molar-refractivity contribution is -0.123. The van der Waals surface area contributed by atoms with Crippen molar-refractivity contribution in [3.8, 4) is 0 Å². The fourth-order valence-corrected chi connectivity index (χ4v) is 2.44. The number of nitrogens with one attached hydrogen (secondary N) is 1. The molecule has 6 heteroatoms. The van der Waals surface area contributed by atoms with Crippen LogP contribution in [0, 0.1) is 5.92 Å². The Morgan fingerprint density at radius 3 is 2.47 bits per heavy atom. The first-order chi connectivity index (χ1) is 6.90. The summed E-state index contributed by atoms with van der Waals surface area (Å²) in [6, 6.07) is -0.214. The molecule has 1 aliphatic rings. The molecule has 5 nitrogen and oxygen atoms in total. The van der Waals surface area contributed by atoms with Crippen LogP contribution in [-0.2, 0) is 14.8 Å². The first kappa shape index (κ1) is 12.4. The van der Waals surface area contributed by atoms with Crippen LogP contribution in [0.25, 0.3) is 0 Å². The number of nitrogens with two attached hydrogens (primary N) is 1. The Hall–Kier alpha value is -0.620. The van der Waals surface area contributed by atoms with Crippen LogP contribution in [0.2, 0.25) is 0 Å². The third kappa shape index (κ3) is 4.17. The van der Waals surface area contributed by atoms with Gasteiger partial charge in [-0.1, -0.05) is 19.3 Å². The molecule has 0 spiro atoms. The van der Waals surface area contributed by atoms with Gasteiger partial charge in [-0.05, 0) is 12.8 Å². The molecule has 0 aromatic heterocycles. The summed E-state index contributed by atoms with van der Waals surface area (Å²) in [5.74, 6) is -0.811. The Morgan fingerprint density at radius 2 is 1.87 bits per heavy atom. The molecule has 88 valence electrons. The predicted octanol–water partition coefficient (Wildman–Crippen LogP) is -0.0302. The highest BCUT2D eigenvalue weighted by Gasteiger charge is 2.28. The van der Waals surface area contributed by atoms with Gasteiger partial charge in [-0.25, -0.2) is 8.42 Å². The van der Waals surface area contributed by atoms with Gasteiger partial charge >= 0.3 is 0 Å². The number of carbonyl (C=O) groups excluding carboxylic acids is 1. The fraction of sp³-hybridized carbons (Fsp3) is 0.889. The van der Waals surface area contributed by atoms with Crippen molar-refractivity contribution in [2.45, 2.75) is 38.1 Å². The molecule has 0 bridgehead atoms. The Labute approximate surface area is 90.5 Å². The van der Waals surface area contributed by atoms with E-state index in [1.165, 1.54) is 0 Å². The molecule has 1 saturated carbocycles. The van der Waals surface area contributed by atoms with Gasteiger partial charge in [0.25, 0.3) is 0 Å². The second-order valence-corrected chi connectivity index (χ2v) is 5.90. The molecule has 0 aromatic carbocycles. The summed E-state index contributed by atoms with van der Waals surface area (Å²) < 4.78 is 23.8. The molecule has 0 aromatic rings. The minimum absolute atomic E-state index is 0.214. The van der Waals surface area contributed by atoms with E-state index in [0.29, 0.717) is 6.42 Å². The van der Waals surface area contributed by atoms with Crippen LogP contribution >= 0.6 is 0 Å². The molecule has 1 aliphatic carbocycles. The molecule has 2 atom stereocenters. The molecule has 0 aliphatic heterocycles. The normalized spacial score (nSPS) is 28.1. The predicted molar refractivity (Wildman–Crippen MR) is 57.5 cm³/mol. The minimum Gasteiger partial charge on any atom is -0.327 e.